The Kier molecular flexibility index (Phi) is 8.18. The number of rotatable bonds is 10. The second-order valence-corrected chi connectivity index (χ2v) is 8.91. The monoisotopic (exact) mass is 516 g/mol. The van der Waals surface area contributed by atoms with Crippen LogP contribution in [-0.4, -0.2) is 52.9 Å². The molecule has 0 aliphatic carbocycles. The molecule has 9 heteroatoms. The molecule has 0 fully saturated rings. The zero-order chi connectivity index (χ0) is 27.2. The molecule has 0 saturated heterocycles. The van der Waals surface area contributed by atoms with Crippen LogP contribution in [-0.2, 0) is 16.0 Å². The average molecular weight is 517 g/mol. The first-order valence-corrected chi connectivity index (χ1v) is 12.2. The normalized spacial score (nSPS) is 11.6. The lowest BCUT2D eigenvalue weighted by atomic mass is 9.98. The van der Waals surface area contributed by atoms with Crippen molar-refractivity contribution in [2.45, 2.75) is 19.8 Å². The number of aromatic hydroxyl groups is 1. The summed E-state index contributed by atoms with van der Waals surface area (Å²) in [5.41, 5.74) is 3.62. The van der Waals surface area contributed by atoms with E-state index in [-0.39, 0.29) is 18.2 Å². The molecule has 8 nitrogen and oxygen atoms in total. The number of aromatic nitrogens is 1. The van der Waals surface area contributed by atoms with Crippen molar-refractivity contribution in [1.82, 2.24) is 10.3 Å². The summed E-state index contributed by atoms with van der Waals surface area (Å²) in [6, 6.07) is 18.2. The van der Waals surface area contributed by atoms with Crippen molar-refractivity contribution >= 4 is 39.9 Å². The van der Waals surface area contributed by atoms with Crippen LogP contribution in [0, 0.1) is 5.82 Å². The minimum absolute atomic E-state index is 0.0655. The number of carbonyl (C=O) groups excluding carboxylic acids is 1. The maximum Gasteiger partial charge on any atom is 0.307 e. The van der Waals surface area contributed by atoms with E-state index in [0.717, 1.165) is 18.7 Å². The van der Waals surface area contributed by atoms with Crippen LogP contribution in [0.15, 0.2) is 71.7 Å². The summed E-state index contributed by atoms with van der Waals surface area (Å²) < 4.78 is 13.9. The number of carboxylic acids is 1. The van der Waals surface area contributed by atoms with Crippen LogP contribution >= 0.6 is 0 Å². The third-order valence-electron chi connectivity index (χ3n) is 6.12. The van der Waals surface area contributed by atoms with Gasteiger partial charge in [0.2, 0.25) is 5.91 Å². The summed E-state index contributed by atoms with van der Waals surface area (Å²) in [4.78, 5) is 32.8. The molecule has 4 aromatic rings. The van der Waals surface area contributed by atoms with Gasteiger partial charge in [-0.25, -0.2) is 9.38 Å². The Morgan fingerprint density at radius 1 is 1.08 bits per heavy atom. The van der Waals surface area contributed by atoms with E-state index in [2.05, 4.69) is 10.3 Å². The summed E-state index contributed by atoms with van der Waals surface area (Å²) in [5.74, 6) is -1.67. The SMILES string of the molecule is CNCCCN(C(C)=O)c1ccc(N=C(c2cccc(CC(=O)O)c2)c2c(O)[nH]c3cc(F)ccc23)cc1. The van der Waals surface area contributed by atoms with Crippen molar-refractivity contribution in [3.8, 4) is 5.88 Å². The molecule has 4 rings (SSSR count). The first kappa shape index (κ1) is 26.6. The number of aromatic amines is 1. The Hall–Kier alpha value is -4.50. The fourth-order valence-corrected chi connectivity index (χ4v) is 4.38. The molecule has 0 spiro atoms. The topological polar surface area (TPSA) is 118 Å². The predicted molar refractivity (Wildman–Crippen MR) is 146 cm³/mol. The number of carbonyl (C=O) groups is 2. The Bertz CT molecular complexity index is 1490. The maximum absolute atomic E-state index is 13.9. The number of hydrogen-bond donors (Lipinski definition) is 4. The van der Waals surface area contributed by atoms with Crippen LogP contribution < -0.4 is 10.2 Å². The van der Waals surface area contributed by atoms with Crippen LogP contribution in [0.3, 0.4) is 0 Å². The first-order chi connectivity index (χ1) is 18.3. The number of amides is 1. The Morgan fingerprint density at radius 3 is 2.53 bits per heavy atom. The van der Waals surface area contributed by atoms with Crippen LogP contribution in [0.25, 0.3) is 10.9 Å². The quantitative estimate of drug-likeness (QED) is 0.179. The van der Waals surface area contributed by atoms with Gasteiger partial charge in [-0.05, 0) is 74.1 Å². The number of aliphatic carboxylic acids is 1. The molecule has 0 aliphatic heterocycles. The number of nitrogens with zero attached hydrogens (tertiary/aromatic N) is 2. The van der Waals surface area contributed by atoms with Gasteiger partial charge in [0.05, 0.1) is 28.9 Å². The molecule has 3 aromatic carbocycles. The van der Waals surface area contributed by atoms with Gasteiger partial charge in [0.1, 0.15) is 5.82 Å². The molecule has 1 aromatic heterocycles. The van der Waals surface area contributed by atoms with Crippen LogP contribution in [0.4, 0.5) is 15.8 Å². The summed E-state index contributed by atoms with van der Waals surface area (Å²) >= 11 is 0. The standard InChI is InChI=1S/C29H29FN4O4/c1-18(35)34(14-4-13-31-2)23-10-8-22(9-11-23)32-28(20-6-3-5-19(15-20)16-26(36)37)27-24-12-7-21(30)17-25(24)33-29(27)38/h3,5-12,15,17,31,33,38H,4,13-14,16H2,1-2H3,(H,36,37). The zero-order valence-corrected chi connectivity index (χ0v) is 21.2. The van der Waals surface area contributed by atoms with Crippen LogP contribution in [0.2, 0.25) is 0 Å². The van der Waals surface area contributed by atoms with Gasteiger partial charge in [0, 0.05) is 30.1 Å². The van der Waals surface area contributed by atoms with E-state index in [9.17, 15) is 24.2 Å². The van der Waals surface area contributed by atoms with Gasteiger partial charge >= 0.3 is 5.97 Å². The van der Waals surface area contributed by atoms with Gasteiger partial charge in [0.15, 0.2) is 5.88 Å². The molecule has 1 amide bonds. The summed E-state index contributed by atoms with van der Waals surface area (Å²) in [7, 11) is 1.86. The van der Waals surface area contributed by atoms with Crippen molar-refractivity contribution in [2.24, 2.45) is 4.99 Å². The van der Waals surface area contributed by atoms with Gasteiger partial charge < -0.3 is 25.4 Å². The number of benzene rings is 3. The van der Waals surface area contributed by atoms with E-state index in [1.54, 1.807) is 47.4 Å². The second kappa shape index (κ2) is 11.7. The summed E-state index contributed by atoms with van der Waals surface area (Å²) in [6.45, 7) is 2.88. The molecule has 0 unspecified atom stereocenters. The number of hydrogen-bond acceptors (Lipinski definition) is 5. The van der Waals surface area contributed by atoms with E-state index in [0.29, 0.717) is 45.5 Å². The molecule has 0 radical (unpaired) electrons. The highest BCUT2D eigenvalue weighted by Gasteiger charge is 2.20. The van der Waals surface area contributed by atoms with E-state index >= 15 is 0 Å². The number of halogens is 1. The van der Waals surface area contributed by atoms with Crippen LogP contribution in [0.1, 0.15) is 30.0 Å². The van der Waals surface area contributed by atoms with E-state index in [1.165, 1.54) is 19.1 Å². The lowest BCUT2D eigenvalue weighted by Gasteiger charge is -2.21. The van der Waals surface area contributed by atoms with Gasteiger partial charge in [-0.2, -0.15) is 0 Å². The van der Waals surface area contributed by atoms with Gasteiger partial charge in [-0.15, -0.1) is 0 Å². The minimum atomic E-state index is -0.966. The Labute approximate surface area is 219 Å². The summed E-state index contributed by atoms with van der Waals surface area (Å²) in [6.07, 6.45) is 0.628. The molecule has 196 valence electrons. The average Bonchev–Trinajstić information content (AvgIpc) is 3.19. The molecular formula is C29H29FN4O4. The van der Waals surface area contributed by atoms with E-state index < -0.39 is 11.8 Å². The first-order valence-electron chi connectivity index (χ1n) is 12.2. The maximum atomic E-state index is 13.9. The predicted octanol–water partition coefficient (Wildman–Crippen LogP) is 4.77. The van der Waals surface area contributed by atoms with E-state index in [1.807, 2.05) is 19.2 Å². The fraction of sp³-hybridized carbons (Fsp3) is 0.207. The molecular weight excluding hydrogens is 487 g/mol. The number of nitrogens with one attached hydrogen (secondary N) is 2. The minimum Gasteiger partial charge on any atom is -0.494 e. The van der Waals surface area contributed by atoms with Crippen molar-refractivity contribution in [2.75, 3.05) is 25.0 Å². The third kappa shape index (κ3) is 6.07. The van der Waals surface area contributed by atoms with Gasteiger partial charge in [-0.1, -0.05) is 18.2 Å². The molecule has 0 bridgehead atoms. The highest BCUT2D eigenvalue weighted by Crippen LogP contribution is 2.32. The molecule has 1 heterocycles. The third-order valence-corrected chi connectivity index (χ3v) is 6.12. The number of H-pyrrole nitrogens is 1. The van der Waals surface area contributed by atoms with E-state index in [4.69, 9.17) is 4.99 Å². The Morgan fingerprint density at radius 2 is 1.84 bits per heavy atom. The highest BCUT2D eigenvalue weighted by molar-refractivity contribution is 6.22. The molecule has 4 N–H and O–H groups in total. The molecule has 0 aliphatic rings. The van der Waals surface area contributed by atoms with Crippen LogP contribution in [0.5, 0.6) is 5.88 Å². The van der Waals surface area contributed by atoms with Gasteiger partial charge in [-0.3, -0.25) is 9.59 Å². The molecule has 38 heavy (non-hydrogen) atoms. The molecule has 0 saturated carbocycles. The largest absolute Gasteiger partial charge is 0.494 e. The number of aliphatic imine (C=N–C) groups is 1. The smallest absolute Gasteiger partial charge is 0.307 e. The lowest BCUT2D eigenvalue weighted by molar-refractivity contribution is -0.136. The number of anilines is 1. The van der Waals surface area contributed by atoms with Crippen molar-refractivity contribution in [1.29, 1.82) is 0 Å². The summed E-state index contributed by atoms with van der Waals surface area (Å²) in [5, 5.41) is 23.7. The van der Waals surface area contributed by atoms with Crippen molar-refractivity contribution in [3.05, 3.63) is 89.2 Å². The fourth-order valence-electron chi connectivity index (χ4n) is 4.38. The second-order valence-electron chi connectivity index (χ2n) is 8.91. The zero-order valence-electron chi connectivity index (χ0n) is 21.2. The number of carboxylic acid groups (broad SMARTS) is 1. The van der Waals surface area contributed by atoms with Crippen molar-refractivity contribution in [3.63, 3.8) is 0 Å². The highest BCUT2D eigenvalue weighted by atomic mass is 19.1. The number of fused-ring (bicyclic) bond motifs is 1. The van der Waals surface area contributed by atoms with Gasteiger partial charge in [0.25, 0.3) is 0 Å². The lowest BCUT2D eigenvalue weighted by Crippen LogP contribution is -2.31. The Balaban J connectivity index is 1.80. The van der Waals surface area contributed by atoms with Crippen molar-refractivity contribution < 1.29 is 24.2 Å². The molecule has 0 atom stereocenters.